The SMILES string of the molecule is COc1ncc(C2=NOC3CN(CCS(C)(=O)=O)CC23)cc1C(=O)N[C@H]1[C@@H](C(=O)Nc2ccc(F)c(C(F)(F)F)c2)[C@H]2CC[C@@H]1/C2=C\C1CC1. The topological polar surface area (TPSA) is 139 Å². The quantitative estimate of drug-likeness (QED) is 0.277. The van der Waals surface area contributed by atoms with Crippen molar-refractivity contribution < 1.29 is 45.1 Å². The number of carbonyl (C=O) groups is 2. The Morgan fingerprint density at radius 2 is 1.86 bits per heavy atom. The number of hydrogen-bond donors (Lipinski definition) is 2. The second kappa shape index (κ2) is 12.9. The van der Waals surface area contributed by atoms with Gasteiger partial charge in [-0.3, -0.25) is 14.5 Å². The van der Waals surface area contributed by atoms with Crippen LogP contribution in [0.15, 0.2) is 47.3 Å². The number of sulfone groups is 1. The number of hydrogen-bond acceptors (Lipinski definition) is 9. The number of ether oxygens (including phenoxy) is 1. The lowest BCUT2D eigenvalue weighted by molar-refractivity contribution is -0.140. The molecule has 2 unspecified atom stereocenters. The molecule has 268 valence electrons. The maximum Gasteiger partial charge on any atom is 0.419 e. The van der Waals surface area contributed by atoms with Crippen LogP contribution in [0.1, 0.15) is 47.2 Å². The fourth-order valence-electron chi connectivity index (χ4n) is 7.91. The van der Waals surface area contributed by atoms with Gasteiger partial charge in [-0.05, 0) is 61.8 Å². The Morgan fingerprint density at radius 3 is 2.56 bits per heavy atom. The first kappa shape index (κ1) is 34.4. The van der Waals surface area contributed by atoms with Crippen LogP contribution in [0.5, 0.6) is 5.88 Å². The number of carbonyl (C=O) groups excluding carboxylic acids is 2. The lowest BCUT2D eigenvalue weighted by Crippen LogP contribution is -2.48. The average Bonchev–Trinajstić information content (AvgIpc) is 3.33. The highest BCUT2D eigenvalue weighted by Crippen LogP contribution is 2.54. The van der Waals surface area contributed by atoms with Crippen molar-refractivity contribution in [1.82, 2.24) is 15.2 Å². The van der Waals surface area contributed by atoms with Crippen LogP contribution in [0.4, 0.5) is 23.2 Å². The van der Waals surface area contributed by atoms with E-state index >= 15 is 0 Å². The van der Waals surface area contributed by atoms with Gasteiger partial charge in [0.05, 0.1) is 36.0 Å². The summed E-state index contributed by atoms with van der Waals surface area (Å²) >= 11 is 0. The number of fused-ring (bicyclic) bond motifs is 3. The minimum absolute atomic E-state index is 0.0193. The van der Waals surface area contributed by atoms with E-state index in [9.17, 15) is 35.6 Å². The first-order chi connectivity index (χ1) is 23.7. The number of anilines is 1. The van der Waals surface area contributed by atoms with E-state index in [4.69, 9.17) is 9.57 Å². The van der Waals surface area contributed by atoms with E-state index in [0.29, 0.717) is 55.4 Å². The molecule has 6 atom stereocenters. The molecule has 11 nitrogen and oxygen atoms in total. The van der Waals surface area contributed by atoms with Crippen LogP contribution in [-0.2, 0) is 25.6 Å². The van der Waals surface area contributed by atoms with Gasteiger partial charge in [-0.1, -0.05) is 16.8 Å². The summed E-state index contributed by atoms with van der Waals surface area (Å²) in [5.41, 5.74) is 0.613. The number of nitrogens with zero attached hydrogens (tertiary/aromatic N) is 3. The van der Waals surface area contributed by atoms with Gasteiger partial charge in [0.25, 0.3) is 5.91 Å². The Hall–Kier alpha value is -4.05. The summed E-state index contributed by atoms with van der Waals surface area (Å²) in [6.45, 7) is 1.38. The normalized spacial score (nSPS) is 28.4. The zero-order valence-electron chi connectivity index (χ0n) is 27.4. The maximum absolute atomic E-state index is 14.1. The number of oxime groups is 1. The van der Waals surface area contributed by atoms with Gasteiger partial charge in [-0.25, -0.2) is 17.8 Å². The molecule has 1 saturated heterocycles. The zero-order chi connectivity index (χ0) is 35.5. The first-order valence-electron chi connectivity index (χ1n) is 16.6. The highest BCUT2D eigenvalue weighted by molar-refractivity contribution is 7.90. The molecule has 50 heavy (non-hydrogen) atoms. The van der Waals surface area contributed by atoms with Crippen LogP contribution in [-0.4, -0.2) is 86.7 Å². The third-order valence-electron chi connectivity index (χ3n) is 10.4. The number of nitrogens with one attached hydrogen (secondary N) is 2. The monoisotopic (exact) mass is 719 g/mol. The number of amides is 2. The number of pyridine rings is 1. The number of benzene rings is 1. The Bertz CT molecular complexity index is 1880. The summed E-state index contributed by atoms with van der Waals surface area (Å²) in [7, 11) is -1.76. The minimum Gasteiger partial charge on any atom is -0.480 e. The molecular formula is C34H37F4N5O6S. The number of likely N-dealkylation sites (tertiary alicyclic amines) is 1. The van der Waals surface area contributed by atoms with E-state index in [-0.39, 0.29) is 46.7 Å². The van der Waals surface area contributed by atoms with Gasteiger partial charge in [0.1, 0.15) is 27.3 Å². The zero-order valence-corrected chi connectivity index (χ0v) is 28.2. The van der Waals surface area contributed by atoms with Crippen LogP contribution in [0.2, 0.25) is 0 Å². The molecule has 1 aromatic carbocycles. The third kappa shape index (κ3) is 6.83. The molecule has 2 bridgehead atoms. The summed E-state index contributed by atoms with van der Waals surface area (Å²) in [4.78, 5) is 39.9. The molecule has 2 amide bonds. The van der Waals surface area contributed by atoms with Gasteiger partial charge >= 0.3 is 6.18 Å². The molecule has 0 spiro atoms. The van der Waals surface area contributed by atoms with Crippen molar-refractivity contribution in [1.29, 1.82) is 0 Å². The van der Waals surface area contributed by atoms with Crippen molar-refractivity contribution in [3.05, 3.63) is 64.6 Å². The van der Waals surface area contributed by atoms with Gasteiger partial charge in [0, 0.05) is 55.3 Å². The Morgan fingerprint density at radius 1 is 1.10 bits per heavy atom. The predicted octanol–water partition coefficient (Wildman–Crippen LogP) is 4.06. The van der Waals surface area contributed by atoms with Crippen molar-refractivity contribution in [2.24, 2.45) is 34.7 Å². The molecule has 2 N–H and O–H groups in total. The standard InChI is InChI=1S/C34H37F4N5O6S/c1-48-33-23(12-18(14-39-33)29-24-15-43(9-10-50(2,46)47)16-27(24)49-42-29)31(44)41-30-21-7-6-20(22(21)11-17-3-4-17)28(30)32(45)40-19-5-8-26(35)25(13-19)34(36,37)38/h5,8,11-14,17,20-21,24,27-28,30H,3-4,6-7,9-10,15-16H2,1-2H3,(H,40,45)(H,41,44)/b22-11-/t20-,21+,24?,27?,28-,30+/m0/s1. The number of methoxy groups -OCH3 is 1. The van der Waals surface area contributed by atoms with Gasteiger partial charge in [-0.15, -0.1) is 0 Å². The van der Waals surface area contributed by atoms with E-state index in [1.165, 1.54) is 19.6 Å². The number of halogens is 4. The first-order valence-corrected chi connectivity index (χ1v) is 18.6. The Balaban J connectivity index is 1.13. The molecule has 7 rings (SSSR count). The smallest absolute Gasteiger partial charge is 0.419 e. The second-order valence-corrected chi connectivity index (χ2v) is 16.2. The molecule has 0 radical (unpaired) electrons. The molecule has 2 aliphatic heterocycles. The maximum atomic E-state index is 14.1. The Labute approximate surface area is 286 Å². The molecule has 5 aliphatic rings. The van der Waals surface area contributed by atoms with Gasteiger partial charge in [-0.2, -0.15) is 13.2 Å². The largest absolute Gasteiger partial charge is 0.480 e. The fraction of sp³-hybridized carbons (Fsp3) is 0.529. The minimum atomic E-state index is -4.94. The molecular weight excluding hydrogens is 682 g/mol. The number of allylic oxidation sites excluding steroid dienone is 1. The third-order valence-corrected chi connectivity index (χ3v) is 11.4. The molecule has 3 heterocycles. The van der Waals surface area contributed by atoms with Crippen LogP contribution < -0.4 is 15.4 Å². The van der Waals surface area contributed by atoms with Gasteiger partial charge in [0.2, 0.25) is 11.8 Å². The highest BCUT2D eigenvalue weighted by Gasteiger charge is 2.55. The number of rotatable bonds is 10. The van der Waals surface area contributed by atoms with E-state index in [2.05, 4.69) is 26.8 Å². The number of alkyl halides is 3. The summed E-state index contributed by atoms with van der Waals surface area (Å²) in [5.74, 6) is -3.40. The van der Waals surface area contributed by atoms with Crippen molar-refractivity contribution in [2.45, 2.75) is 44.0 Å². The van der Waals surface area contributed by atoms with Crippen LogP contribution in [0, 0.1) is 35.4 Å². The van der Waals surface area contributed by atoms with Crippen LogP contribution in [0.3, 0.4) is 0 Å². The summed E-state index contributed by atoms with van der Waals surface area (Å²) in [6, 6.07) is 3.26. The summed E-state index contributed by atoms with van der Waals surface area (Å²) < 4.78 is 83.1. The van der Waals surface area contributed by atoms with Crippen molar-refractivity contribution >= 4 is 33.1 Å². The van der Waals surface area contributed by atoms with E-state index in [1.54, 1.807) is 6.07 Å². The summed E-state index contributed by atoms with van der Waals surface area (Å²) in [5, 5.41) is 9.89. The van der Waals surface area contributed by atoms with Crippen LogP contribution in [0.25, 0.3) is 0 Å². The number of aromatic nitrogens is 1. The van der Waals surface area contributed by atoms with Gasteiger partial charge in [0.15, 0.2) is 0 Å². The molecule has 3 aliphatic carbocycles. The van der Waals surface area contributed by atoms with Crippen molar-refractivity contribution in [3.63, 3.8) is 0 Å². The van der Waals surface area contributed by atoms with E-state index < -0.39 is 51.2 Å². The highest BCUT2D eigenvalue weighted by atomic mass is 32.2. The van der Waals surface area contributed by atoms with Crippen LogP contribution >= 0.6 is 0 Å². The van der Waals surface area contributed by atoms with Crippen molar-refractivity contribution in [2.75, 3.05) is 44.1 Å². The Kier molecular flexibility index (Phi) is 8.90. The summed E-state index contributed by atoms with van der Waals surface area (Å²) in [6.07, 6.45) is 3.18. The molecule has 3 saturated carbocycles. The molecule has 16 heteroatoms. The van der Waals surface area contributed by atoms with E-state index in [1.807, 2.05) is 4.90 Å². The van der Waals surface area contributed by atoms with Gasteiger partial charge < -0.3 is 20.2 Å². The molecule has 4 fully saturated rings. The second-order valence-electron chi connectivity index (χ2n) is 13.9. The lowest BCUT2D eigenvalue weighted by atomic mass is 9.83. The van der Waals surface area contributed by atoms with Crippen molar-refractivity contribution in [3.8, 4) is 5.88 Å². The predicted molar refractivity (Wildman–Crippen MR) is 174 cm³/mol. The van der Waals surface area contributed by atoms with E-state index in [0.717, 1.165) is 30.9 Å². The molecule has 1 aromatic heterocycles. The molecule has 2 aromatic rings. The average molecular weight is 720 g/mol. The fourth-order valence-corrected chi connectivity index (χ4v) is 8.50. The lowest BCUT2D eigenvalue weighted by Gasteiger charge is -2.30.